The summed E-state index contributed by atoms with van der Waals surface area (Å²) in [6.07, 6.45) is -1.39. The SMILES string of the molecule is C[C@H]1CN(S(=O)(=O)c2cccs2)CCN1c1ncc(C(O)(CF)C(F)F)cn1. The van der Waals surface area contributed by atoms with Crippen molar-refractivity contribution >= 4 is 27.3 Å². The van der Waals surface area contributed by atoms with E-state index in [0.29, 0.717) is 6.54 Å². The Hall–Kier alpha value is -1.76. The van der Waals surface area contributed by atoms with Crippen LogP contribution in [0, 0.1) is 0 Å². The molecule has 28 heavy (non-hydrogen) atoms. The van der Waals surface area contributed by atoms with Gasteiger partial charge in [-0.2, -0.15) is 4.31 Å². The van der Waals surface area contributed by atoms with Gasteiger partial charge in [-0.05, 0) is 18.4 Å². The second-order valence-corrected chi connectivity index (χ2v) is 9.58. The highest BCUT2D eigenvalue weighted by Gasteiger charge is 2.41. The number of aliphatic hydroxyl groups is 1. The van der Waals surface area contributed by atoms with Crippen LogP contribution in [0.4, 0.5) is 19.1 Å². The number of rotatable bonds is 6. The Morgan fingerprint density at radius 1 is 1.36 bits per heavy atom. The molecule has 0 saturated carbocycles. The second kappa shape index (κ2) is 7.93. The van der Waals surface area contributed by atoms with Gasteiger partial charge >= 0.3 is 0 Å². The molecule has 12 heteroatoms. The highest BCUT2D eigenvalue weighted by Crippen LogP contribution is 2.29. The van der Waals surface area contributed by atoms with Crippen LogP contribution < -0.4 is 4.90 Å². The van der Waals surface area contributed by atoms with Gasteiger partial charge in [-0.1, -0.05) is 6.07 Å². The van der Waals surface area contributed by atoms with E-state index in [1.807, 2.05) is 0 Å². The van der Waals surface area contributed by atoms with Crippen molar-refractivity contribution < 1.29 is 26.7 Å². The van der Waals surface area contributed by atoms with Gasteiger partial charge in [0.2, 0.25) is 5.95 Å². The van der Waals surface area contributed by atoms with Crippen molar-refractivity contribution in [3.8, 4) is 0 Å². The summed E-state index contributed by atoms with van der Waals surface area (Å²) in [6, 6.07) is 2.95. The Kier molecular flexibility index (Phi) is 5.94. The first kappa shape index (κ1) is 21.0. The van der Waals surface area contributed by atoms with Crippen molar-refractivity contribution in [1.82, 2.24) is 14.3 Å². The number of piperazine rings is 1. The van der Waals surface area contributed by atoms with E-state index < -0.39 is 34.3 Å². The summed E-state index contributed by atoms with van der Waals surface area (Å²) in [5.41, 5.74) is -3.36. The van der Waals surface area contributed by atoms with E-state index in [0.717, 1.165) is 23.7 Å². The lowest BCUT2D eigenvalue weighted by Gasteiger charge is -2.39. The van der Waals surface area contributed by atoms with Gasteiger partial charge in [-0.15, -0.1) is 11.3 Å². The highest BCUT2D eigenvalue weighted by molar-refractivity contribution is 7.91. The molecule has 2 atom stereocenters. The number of hydrogen-bond donors (Lipinski definition) is 1. The third-order valence-corrected chi connectivity index (χ3v) is 7.88. The number of hydrogen-bond acceptors (Lipinski definition) is 7. The van der Waals surface area contributed by atoms with E-state index in [9.17, 15) is 26.7 Å². The number of alkyl halides is 3. The lowest BCUT2D eigenvalue weighted by Crippen LogP contribution is -2.54. The van der Waals surface area contributed by atoms with Crippen LogP contribution in [-0.2, 0) is 15.6 Å². The lowest BCUT2D eigenvalue weighted by molar-refractivity contribution is -0.114. The Morgan fingerprint density at radius 2 is 2.04 bits per heavy atom. The molecule has 1 unspecified atom stereocenters. The molecular formula is C16H19F3N4O3S2. The smallest absolute Gasteiger partial charge is 0.273 e. The maximum Gasteiger partial charge on any atom is 0.273 e. The zero-order chi connectivity index (χ0) is 20.5. The van der Waals surface area contributed by atoms with E-state index in [4.69, 9.17) is 0 Å². The summed E-state index contributed by atoms with van der Waals surface area (Å²) >= 11 is 1.15. The zero-order valence-electron chi connectivity index (χ0n) is 14.9. The fourth-order valence-corrected chi connectivity index (χ4v) is 5.59. The standard InChI is InChI=1S/C16H19F3N4O3S2/c1-11-9-22(28(25,26)13-3-2-6-27-13)4-5-23(11)15-20-7-12(8-21-15)16(24,10-17)14(18)19/h2-3,6-8,11,14,24H,4-5,9-10H2,1H3/t11-,16?/m0/s1. The predicted octanol–water partition coefficient (Wildman–Crippen LogP) is 1.86. The van der Waals surface area contributed by atoms with Gasteiger partial charge in [0, 0.05) is 43.6 Å². The van der Waals surface area contributed by atoms with Crippen molar-refractivity contribution in [1.29, 1.82) is 0 Å². The molecule has 3 rings (SSSR count). The summed E-state index contributed by atoms with van der Waals surface area (Å²) in [6.45, 7) is 0.846. The topological polar surface area (TPSA) is 86.6 Å². The summed E-state index contributed by atoms with van der Waals surface area (Å²) in [5.74, 6) is 0.194. The number of thiophene rings is 1. The minimum absolute atomic E-state index is 0.194. The maximum atomic E-state index is 12.9. The number of nitrogens with zero attached hydrogens (tertiary/aromatic N) is 4. The van der Waals surface area contributed by atoms with Crippen molar-refractivity contribution in [2.24, 2.45) is 0 Å². The van der Waals surface area contributed by atoms with Crippen LogP contribution in [0.1, 0.15) is 12.5 Å². The Labute approximate surface area is 164 Å². The first-order chi connectivity index (χ1) is 13.2. The second-order valence-electron chi connectivity index (χ2n) is 6.47. The van der Waals surface area contributed by atoms with E-state index in [1.54, 1.807) is 29.3 Å². The van der Waals surface area contributed by atoms with Crippen LogP contribution in [0.3, 0.4) is 0 Å². The molecule has 0 aromatic carbocycles. The third kappa shape index (κ3) is 3.73. The van der Waals surface area contributed by atoms with Gasteiger partial charge in [0.05, 0.1) is 0 Å². The van der Waals surface area contributed by atoms with Crippen LogP contribution in [0.15, 0.2) is 34.1 Å². The highest BCUT2D eigenvalue weighted by atomic mass is 32.2. The molecule has 2 aromatic heterocycles. The van der Waals surface area contributed by atoms with Crippen molar-refractivity contribution in [2.45, 2.75) is 29.2 Å². The molecule has 3 heterocycles. The predicted molar refractivity (Wildman–Crippen MR) is 97.8 cm³/mol. The van der Waals surface area contributed by atoms with Gasteiger partial charge in [-0.3, -0.25) is 0 Å². The molecule has 154 valence electrons. The minimum Gasteiger partial charge on any atom is -0.377 e. The lowest BCUT2D eigenvalue weighted by atomic mass is 9.99. The van der Waals surface area contributed by atoms with Crippen LogP contribution >= 0.6 is 11.3 Å². The zero-order valence-corrected chi connectivity index (χ0v) is 16.5. The fourth-order valence-electron chi connectivity index (χ4n) is 2.93. The number of halogens is 3. The van der Waals surface area contributed by atoms with E-state index in [-0.39, 0.29) is 29.3 Å². The molecule has 2 aromatic rings. The normalized spacial score (nSPS) is 21.1. The number of sulfonamides is 1. The number of aromatic nitrogens is 2. The Balaban J connectivity index is 1.75. The van der Waals surface area contributed by atoms with Gasteiger partial charge in [0.25, 0.3) is 16.4 Å². The monoisotopic (exact) mass is 436 g/mol. The molecule has 0 amide bonds. The Morgan fingerprint density at radius 3 is 2.54 bits per heavy atom. The first-order valence-electron chi connectivity index (χ1n) is 8.39. The number of anilines is 1. The molecule has 1 aliphatic heterocycles. The Bertz CT molecular complexity index is 896. The van der Waals surface area contributed by atoms with E-state index >= 15 is 0 Å². The van der Waals surface area contributed by atoms with E-state index in [2.05, 4.69) is 9.97 Å². The summed E-state index contributed by atoms with van der Waals surface area (Å²) in [7, 11) is -3.57. The van der Waals surface area contributed by atoms with Gasteiger partial charge in [-0.25, -0.2) is 31.6 Å². The summed E-state index contributed by atoms with van der Waals surface area (Å²) in [5, 5.41) is 11.4. The molecule has 1 saturated heterocycles. The summed E-state index contributed by atoms with van der Waals surface area (Å²) < 4.78 is 65.7. The molecule has 0 bridgehead atoms. The largest absolute Gasteiger partial charge is 0.377 e. The van der Waals surface area contributed by atoms with Gasteiger partial charge in [0.15, 0.2) is 5.60 Å². The van der Waals surface area contributed by atoms with Gasteiger partial charge < -0.3 is 10.0 Å². The quantitative estimate of drug-likeness (QED) is 0.744. The van der Waals surface area contributed by atoms with Crippen LogP contribution in [-0.4, -0.2) is 66.6 Å². The molecule has 0 aliphatic carbocycles. The van der Waals surface area contributed by atoms with Crippen LogP contribution in [0.2, 0.25) is 0 Å². The van der Waals surface area contributed by atoms with Gasteiger partial charge in [0.1, 0.15) is 10.9 Å². The molecule has 7 nitrogen and oxygen atoms in total. The molecule has 0 radical (unpaired) electrons. The first-order valence-corrected chi connectivity index (χ1v) is 10.7. The molecule has 1 N–H and O–H groups in total. The maximum absolute atomic E-state index is 12.9. The average molecular weight is 436 g/mol. The molecular weight excluding hydrogens is 417 g/mol. The molecule has 1 fully saturated rings. The van der Waals surface area contributed by atoms with Crippen molar-refractivity contribution in [3.05, 3.63) is 35.5 Å². The molecule has 1 aliphatic rings. The molecule has 0 spiro atoms. The van der Waals surface area contributed by atoms with Crippen molar-refractivity contribution in [3.63, 3.8) is 0 Å². The van der Waals surface area contributed by atoms with Crippen LogP contribution in [0.5, 0.6) is 0 Å². The van der Waals surface area contributed by atoms with Crippen molar-refractivity contribution in [2.75, 3.05) is 31.2 Å². The third-order valence-electron chi connectivity index (χ3n) is 4.64. The van der Waals surface area contributed by atoms with E-state index in [1.165, 1.54) is 4.31 Å². The minimum atomic E-state index is -3.57. The van der Waals surface area contributed by atoms with Crippen LogP contribution in [0.25, 0.3) is 0 Å². The fraction of sp³-hybridized carbons (Fsp3) is 0.500. The summed E-state index contributed by atoms with van der Waals surface area (Å²) in [4.78, 5) is 9.69. The average Bonchev–Trinajstić information content (AvgIpc) is 3.23.